The van der Waals surface area contributed by atoms with Crippen LogP contribution in [-0.2, 0) is 9.59 Å². The fraction of sp³-hybridized carbons (Fsp3) is 0.485. The molecule has 7 heteroatoms. The molecule has 210 valence electrons. The number of carbonyl (C=O) groups excluding carboxylic acids is 3. The highest BCUT2D eigenvalue weighted by Crippen LogP contribution is 2.61. The third-order valence-electron chi connectivity index (χ3n) is 9.03. The summed E-state index contributed by atoms with van der Waals surface area (Å²) in [6.45, 7) is -0.760. The van der Waals surface area contributed by atoms with E-state index in [-0.39, 0.29) is 12.5 Å². The van der Waals surface area contributed by atoms with Crippen molar-refractivity contribution >= 4 is 23.3 Å². The van der Waals surface area contributed by atoms with Crippen LogP contribution in [0.4, 0.5) is 5.69 Å². The molecule has 5 N–H and O–H groups in total. The SMILES string of the molecule is NC[C@H](NC(=O)c1ccc(C#Cc2ccc(NC(=O)CCCC34CC5CC(CC(C5)C3)C4)cc2)cc1)C(=O)CO. The first-order valence-electron chi connectivity index (χ1n) is 14.5. The third kappa shape index (κ3) is 6.80. The molecule has 0 aromatic heterocycles. The highest BCUT2D eigenvalue weighted by Gasteiger charge is 2.50. The van der Waals surface area contributed by atoms with Crippen LogP contribution in [0.1, 0.15) is 79.3 Å². The van der Waals surface area contributed by atoms with Gasteiger partial charge in [-0.25, -0.2) is 0 Å². The molecule has 0 aliphatic heterocycles. The number of hydrogen-bond acceptors (Lipinski definition) is 5. The van der Waals surface area contributed by atoms with Crippen LogP contribution in [0.15, 0.2) is 48.5 Å². The molecule has 7 nitrogen and oxygen atoms in total. The standard InChI is InChI=1S/C33H39N3O4/c34-20-29(30(38)21-37)36-32(40)27-9-5-22(6-10-27)3-4-23-7-11-28(12-8-23)35-31(39)2-1-13-33-17-24-14-25(18-33)16-26(15-24)19-33/h5-12,24-26,29,37H,1-2,13-21,34H2,(H,35,39)(H,36,40)/t24?,25?,26?,29-,33?/m0/s1. The molecule has 40 heavy (non-hydrogen) atoms. The highest BCUT2D eigenvalue weighted by molar-refractivity contribution is 5.98. The molecule has 4 saturated carbocycles. The second-order valence-corrected chi connectivity index (χ2v) is 12.1. The lowest BCUT2D eigenvalue weighted by molar-refractivity contribution is -0.123. The minimum Gasteiger partial charge on any atom is -0.388 e. The maximum atomic E-state index is 12.6. The molecule has 2 aromatic rings. The van der Waals surface area contributed by atoms with E-state index in [1.165, 1.54) is 44.9 Å². The Morgan fingerprint density at radius 3 is 1.98 bits per heavy atom. The molecule has 0 spiro atoms. The second-order valence-electron chi connectivity index (χ2n) is 12.1. The number of aliphatic hydroxyl groups is 1. The van der Waals surface area contributed by atoms with Gasteiger partial charge in [-0.05, 0) is 123 Å². The monoisotopic (exact) mass is 541 g/mol. The van der Waals surface area contributed by atoms with Crippen molar-refractivity contribution in [3.05, 3.63) is 65.2 Å². The van der Waals surface area contributed by atoms with Gasteiger partial charge in [-0.2, -0.15) is 0 Å². The molecule has 0 saturated heterocycles. The predicted molar refractivity (Wildman–Crippen MR) is 154 cm³/mol. The smallest absolute Gasteiger partial charge is 0.251 e. The largest absolute Gasteiger partial charge is 0.388 e. The first kappa shape index (κ1) is 28.1. The average Bonchev–Trinajstić information content (AvgIpc) is 2.94. The molecule has 0 radical (unpaired) electrons. The van der Waals surface area contributed by atoms with E-state index >= 15 is 0 Å². The van der Waals surface area contributed by atoms with Crippen molar-refractivity contribution in [2.75, 3.05) is 18.5 Å². The zero-order valence-corrected chi connectivity index (χ0v) is 23.0. The summed E-state index contributed by atoms with van der Waals surface area (Å²) >= 11 is 0. The van der Waals surface area contributed by atoms with Gasteiger partial charge < -0.3 is 21.5 Å². The van der Waals surface area contributed by atoms with E-state index < -0.39 is 24.3 Å². The van der Waals surface area contributed by atoms with E-state index in [1.54, 1.807) is 24.3 Å². The number of nitrogens with one attached hydrogen (secondary N) is 2. The number of amides is 2. The number of ketones is 1. The van der Waals surface area contributed by atoms with Crippen molar-refractivity contribution in [1.82, 2.24) is 5.32 Å². The van der Waals surface area contributed by atoms with Crippen LogP contribution in [0.3, 0.4) is 0 Å². The van der Waals surface area contributed by atoms with Crippen molar-refractivity contribution in [2.45, 2.75) is 63.8 Å². The number of aliphatic hydroxyl groups excluding tert-OH is 1. The zero-order valence-electron chi connectivity index (χ0n) is 23.0. The predicted octanol–water partition coefficient (Wildman–Crippen LogP) is 4.03. The molecule has 1 atom stereocenters. The molecule has 4 fully saturated rings. The molecule has 0 heterocycles. The zero-order chi connectivity index (χ0) is 28.1. The molecular formula is C33H39N3O4. The number of nitrogens with two attached hydrogens (primary N) is 1. The second kappa shape index (κ2) is 12.4. The van der Waals surface area contributed by atoms with Gasteiger partial charge in [-0.3, -0.25) is 14.4 Å². The van der Waals surface area contributed by atoms with Crippen LogP contribution in [0.5, 0.6) is 0 Å². The van der Waals surface area contributed by atoms with Crippen LogP contribution in [-0.4, -0.2) is 41.9 Å². The number of benzene rings is 2. The Kier molecular flexibility index (Phi) is 8.68. The van der Waals surface area contributed by atoms with Crippen LogP contribution < -0.4 is 16.4 Å². The molecular weight excluding hydrogens is 502 g/mol. The summed E-state index contributed by atoms with van der Waals surface area (Å²) in [5, 5.41) is 14.5. The van der Waals surface area contributed by atoms with Gasteiger partial charge in [0, 0.05) is 35.3 Å². The topological polar surface area (TPSA) is 122 Å². The van der Waals surface area contributed by atoms with Gasteiger partial charge >= 0.3 is 0 Å². The van der Waals surface area contributed by atoms with Gasteiger partial charge in [-0.15, -0.1) is 0 Å². The molecule has 6 rings (SSSR count). The minimum absolute atomic E-state index is 0.0752. The van der Waals surface area contributed by atoms with E-state index in [0.717, 1.165) is 41.0 Å². The van der Waals surface area contributed by atoms with Crippen molar-refractivity contribution in [3.8, 4) is 11.8 Å². The van der Waals surface area contributed by atoms with E-state index in [1.807, 2.05) is 24.3 Å². The Morgan fingerprint density at radius 1 is 0.900 bits per heavy atom. The van der Waals surface area contributed by atoms with E-state index in [4.69, 9.17) is 10.8 Å². The number of hydrogen-bond donors (Lipinski definition) is 4. The minimum atomic E-state index is -0.920. The lowest BCUT2D eigenvalue weighted by Crippen LogP contribution is -2.46. The maximum absolute atomic E-state index is 12.6. The number of rotatable bonds is 10. The normalized spacial score (nSPS) is 25.0. The summed E-state index contributed by atoms with van der Waals surface area (Å²) in [6, 6.07) is 13.3. The average molecular weight is 542 g/mol. The first-order valence-corrected chi connectivity index (χ1v) is 14.5. The Bertz CT molecular complexity index is 1250. The summed E-state index contributed by atoms with van der Waals surface area (Å²) in [6.07, 6.45) is 11.3. The van der Waals surface area contributed by atoms with Gasteiger partial charge in [-0.1, -0.05) is 11.8 Å². The lowest BCUT2D eigenvalue weighted by atomic mass is 9.48. The summed E-state index contributed by atoms with van der Waals surface area (Å²) in [5.41, 5.74) is 8.72. The van der Waals surface area contributed by atoms with Crippen LogP contribution in [0, 0.1) is 35.0 Å². The Morgan fingerprint density at radius 2 is 1.45 bits per heavy atom. The van der Waals surface area contributed by atoms with Crippen LogP contribution >= 0.6 is 0 Å². The van der Waals surface area contributed by atoms with Gasteiger partial charge in [0.25, 0.3) is 5.91 Å². The van der Waals surface area contributed by atoms with Crippen molar-refractivity contribution in [2.24, 2.45) is 28.9 Å². The van der Waals surface area contributed by atoms with E-state index in [9.17, 15) is 14.4 Å². The third-order valence-corrected chi connectivity index (χ3v) is 9.03. The molecule has 4 aliphatic carbocycles. The molecule has 2 amide bonds. The number of Topliss-reactive ketones (excluding diaryl/α,β-unsaturated/α-hetero) is 1. The van der Waals surface area contributed by atoms with Gasteiger partial charge in [0.2, 0.25) is 5.91 Å². The maximum Gasteiger partial charge on any atom is 0.251 e. The Balaban J connectivity index is 1.07. The van der Waals surface area contributed by atoms with Crippen LogP contribution in [0.25, 0.3) is 0 Å². The molecule has 2 aromatic carbocycles. The van der Waals surface area contributed by atoms with Crippen LogP contribution in [0.2, 0.25) is 0 Å². The quantitative estimate of drug-likeness (QED) is 0.339. The first-order chi connectivity index (χ1) is 19.3. The summed E-state index contributed by atoms with van der Waals surface area (Å²) in [4.78, 5) is 36.6. The number of anilines is 1. The van der Waals surface area contributed by atoms with Gasteiger partial charge in [0.15, 0.2) is 5.78 Å². The Labute approximate surface area is 236 Å². The summed E-state index contributed by atoms with van der Waals surface area (Å²) < 4.78 is 0. The molecule has 4 aliphatic rings. The van der Waals surface area contributed by atoms with Gasteiger partial charge in [0.05, 0.1) is 0 Å². The van der Waals surface area contributed by atoms with Crippen molar-refractivity contribution in [1.29, 1.82) is 0 Å². The molecule has 4 bridgehead atoms. The Hall–Kier alpha value is -3.47. The fourth-order valence-electron chi connectivity index (χ4n) is 7.55. The summed E-state index contributed by atoms with van der Waals surface area (Å²) in [5.74, 6) is 8.13. The van der Waals surface area contributed by atoms with E-state index in [0.29, 0.717) is 17.4 Å². The fourth-order valence-corrected chi connectivity index (χ4v) is 7.55. The molecule has 0 unspecified atom stereocenters. The van der Waals surface area contributed by atoms with E-state index in [2.05, 4.69) is 22.5 Å². The van der Waals surface area contributed by atoms with Crippen molar-refractivity contribution < 1.29 is 19.5 Å². The lowest BCUT2D eigenvalue weighted by Gasteiger charge is -2.57. The van der Waals surface area contributed by atoms with Crippen molar-refractivity contribution in [3.63, 3.8) is 0 Å². The highest BCUT2D eigenvalue weighted by atomic mass is 16.3. The van der Waals surface area contributed by atoms with Gasteiger partial charge in [0.1, 0.15) is 12.6 Å². The summed E-state index contributed by atoms with van der Waals surface area (Å²) in [7, 11) is 0. The number of carbonyl (C=O) groups is 3.